The summed E-state index contributed by atoms with van der Waals surface area (Å²) in [5.41, 5.74) is 5.99. The summed E-state index contributed by atoms with van der Waals surface area (Å²) in [7, 11) is 1.79. The van der Waals surface area contributed by atoms with E-state index in [1.165, 1.54) is 0 Å². The molecular weight excluding hydrogens is 192 g/mol. The van der Waals surface area contributed by atoms with Gasteiger partial charge >= 0.3 is 0 Å². The van der Waals surface area contributed by atoms with Gasteiger partial charge in [0.2, 0.25) is 0 Å². The first-order chi connectivity index (χ1) is 7.13. The molecule has 3 N–H and O–H groups in total. The van der Waals surface area contributed by atoms with Crippen LogP contribution in [0.25, 0.3) is 0 Å². The van der Waals surface area contributed by atoms with Crippen molar-refractivity contribution in [1.29, 1.82) is 0 Å². The summed E-state index contributed by atoms with van der Waals surface area (Å²) >= 11 is 0. The summed E-state index contributed by atoms with van der Waals surface area (Å²) in [6, 6.07) is 0.154. The van der Waals surface area contributed by atoms with Gasteiger partial charge in [0.1, 0.15) is 0 Å². The molecule has 0 spiro atoms. The molecular formula is C10H18N4O. The van der Waals surface area contributed by atoms with E-state index in [0.717, 1.165) is 12.8 Å². The van der Waals surface area contributed by atoms with Crippen LogP contribution in [0, 0.1) is 0 Å². The molecule has 1 aromatic rings. The fraction of sp³-hybridized carbons (Fsp3) is 0.600. The van der Waals surface area contributed by atoms with E-state index in [1.807, 2.05) is 6.92 Å². The van der Waals surface area contributed by atoms with E-state index in [2.05, 4.69) is 10.4 Å². The predicted octanol–water partition coefficient (Wildman–Crippen LogP) is 0.277. The third-order valence-corrected chi connectivity index (χ3v) is 2.19. The molecule has 15 heavy (non-hydrogen) atoms. The third-order valence-electron chi connectivity index (χ3n) is 2.19. The number of nitrogens with zero attached hydrogens (tertiary/aromatic N) is 2. The second-order valence-corrected chi connectivity index (χ2v) is 3.71. The van der Waals surface area contributed by atoms with E-state index in [9.17, 15) is 4.79 Å². The zero-order valence-electron chi connectivity index (χ0n) is 9.23. The SMILES string of the molecule is CC(CCCN)NC(=O)c1cnn(C)c1. The summed E-state index contributed by atoms with van der Waals surface area (Å²) in [5, 5.41) is 6.84. The number of nitrogens with one attached hydrogen (secondary N) is 1. The van der Waals surface area contributed by atoms with Gasteiger partial charge in [-0.1, -0.05) is 0 Å². The molecule has 5 heteroatoms. The van der Waals surface area contributed by atoms with E-state index < -0.39 is 0 Å². The van der Waals surface area contributed by atoms with E-state index >= 15 is 0 Å². The highest BCUT2D eigenvalue weighted by Crippen LogP contribution is 1.99. The van der Waals surface area contributed by atoms with Crippen molar-refractivity contribution in [1.82, 2.24) is 15.1 Å². The van der Waals surface area contributed by atoms with Crippen molar-refractivity contribution in [2.24, 2.45) is 12.8 Å². The normalized spacial score (nSPS) is 12.5. The molecule has 0 bridgehead atoms. The maximum atomic E-state index is 11.6. The second-order valence-electron chi connectivity index (χ2n) is 3.71. The smallest absolute Gasteiger partial charge is 0.254 e. The number of carbonyl (C=O) groups is 1. The summed E-state index contributed by atoms with van der Waals surface area (Å²) in [6.07, 6.45) is 5.09. The van der Waals surface area contributed by atoms with Crippen LogP contribution in [-0.2, 0) is 7.05 Å². The van der Waals surface area contributed by atoms with Gasteiger partial charge in [0.25, 0.3) is 5.91 Å². The summed E-state index contributed by atoms with van der Waals surface area (Å²) in [5.74, 6) is -0.0763. The van der Waals surface area contributed by atoms with Crippen molar-refractivity contribution in [3.63, 3.8) is 0 Å². The van der Waals surface area contributed by atoms with Crippen molar-refractivity contribution in [3.8, 4) is 0 Å². The molecule has 0 fully saturated rings. The summed E-state index contributed by atoms with van der Waals surface area (Å²) in [4.78, 5) is 11.6. The highest BCUT2D eigenvalue weighted by Gasteiger charge is 2.10. The zero-order valence-corrected chi connectivity index (χ0v) is 9.23. The predicted molar refractivity (Wildman–Crippen MR) is 58.4 cm³/mol. The van der Waals surface area contributed by atoms with Crippen molar-refractivity contribution in [2.75, 3.05) is 6.54 Å². The summed E-state index contributed by atoms with van der Waals surface area (Å²) in [6.45, 7) is 2.64. The van der Waals surface area contributed by atoms with Crippen LogP contribution in [0.2, 0.25) is 0 Å². The van der Waals surface area contributed by atoms with Gasteiger partial charge in [0.05, 0.1) is 11.8 Å². The van der Waals surface area contributed by atoms with Crippen molar-refractivity contribution in [2.45, 2.75) is 25.8 Å². The molecule has 1 unspecified atom stereocenters. The molecule has 0 radical (unpaired) electrons. The Bertz CT molecular complexity index is 321. The molecule has 1 rings (SSSR count). The number of carbonyl (C=O) groups excluding carboxylic acids is 1. The Labute approximate surface area is 89.6 Å². The molecule has 1 aromatic heterocycles. The third kappa shape index (κ3) is 3.71. The van der Waals surface area contributed by atoms with Crippen LogP contribution in [0.15, 0.2) is 12.4 Å². The van der Waals surface area contributed by atoms with Crippen LogP contribution in [0.3, 0.4) is 0 Å². The first kappa shape index (κ1) is 11.7. The minimum absolute atomic E-state index is 0.0763. The van der Waals surface area contributed by atoms with Crippen LogP contribution < -0.4 is 11.1 Å². The molecule has 0 saturated carbocycles. The van der Waals surface area contributed by atoms with Gasteiger partial charge in [-0.2, -0.15) is 5.10 Å². The quantitative estimate of drug-likeness (QED) is 0.733. The lowest BCUT2D eigenvalue weighted by atomic mass is 10.2. The van der Waals surface area contributed by atoms with Gasteiger partial charge < -0.3 is 11.1 Å². The standard InChI is InChI=1S/C10H18N4O/c1-8(4-3-5-11)13-10(15)9-6-12-14(2)7-9/h6-8H,3-5,11H2,1-2H3,(H,13,15). The average Bonchev–Trinajstić information content (AvgIpc) is 2.61. The van der Waals surface area contributed by atoms with Crippen LogP contribution in [0.5, 0.6) is 0 Å². The van der Waals surface area contributed by atoms with Crippen LogP contribution in [0.1, 0.15) is 30.1 Å². The molecule has 84 valence electrons. The monoisotopic (exact) mass is 210 g/mol. The second kappa shape index (κ2) is 5.50. The van der Waals surface area contributed by atoms with E-state index in [1.54, 1.807) is 24.1 Å². The van der Waals surface area contributed by atoms with Gasteiger partial charge in [0, 0.05) is 19.3 Å². The van der Waals surface area contributed by atoms with Crippen molar-refractivity contribution < 1.29 is 4.79 Å². The van der Waals surface area contributed by atoms with Gasteiger partial charge in [-0.05, 0) is 26.3 Å². The number of aryl methyl sites for hydroxylation is 1. The zero-order chi connectivity index (χ0) is 11.3. The van der Waals surface area contributed by atoms with Crippen LogP contribution >= 0.6 is 0 Å². The van der Waals surface area contributed by atoms with Crippen molar-refractivity contribution in [3.05, 3.63) is 18.0 Å². The number of amides is 1. The van der Waals surface area contributed by atoms with Crippen LogP contribution in [-0.4, -0.2) is 28.3 Å². The maximum absolute atomic E-state index is 11.6. The molecule has 5 nitrogen and oxygen atoms in total. The lowest BCUT2D eigenvalue weighted by molar-refractivity contribution is 0.0938. The molecule has 0 aromatic carbocycles. The average molecular weight is 210 g/mol. The van der Waals surface area contributed by atoms with E-state index in [4.69, 9.17) is 5.73 Å². The number of hydrogen-bond acceptors (Lipinski definition) is 3. The number of hydrogen-bond donors (Lipinski definition) is 2. The lowest BCUT2D eigenvalue weighted by Gasteiger charge is -2.12. The van der Waals surface area contributed by atoms with E-state index in [0.29, 0.717) is 12.1 Å². The lowest BCUT2D eigenvalue weighted by Crippen LogP contribution is -2.32. The first-order valence-electron chi connectivity index (χ1n) is 5.13. The maximum Gasteiger partial charge on any atom is 0.254 e. The Morgan fingerprint density at radius 1 is 1.73 bits per heavy atom. The van der Waals surface area contributed by atoms with Gasteiger partial charge in [0.15, 0.2) is 0 Å². The van der Waals surface area contributed by atoms with Gasteiger partial charge in [-0.25, -0.2) is 0 Å². The molecule has 0 aliphatic rings. The van der Waals surface area contributed by atoms with Crippen molar-refractivity contribution >= 4 is 5.91 Å². The van der Waals surface area contributed by atoms with Gasteiger partial charge in [-0.15, -0.1) is 0 Å². The Kier molecular flexibility index (Phi) is 4.30. The molecule has 0 saturated heterocycles. The highest BCUT2D eigenvalue weighted by molar-refractivity contribution is 5.93. The first-order valence-corrected chi connectivity index (χ1v) is 5.13. The fourth-order valence-electron chi connectivity index (χ4n) is 1.34. The molecule has 1 heterocycles. The topological polar surface area (TPSA) is 72.9 Å². The molecule has 1 atom stereocenters. The fourth-order valence-corrected chi connectivity index (χ4v) is 1.34. The molecule has 0 aliphatic carbocycles. The Morgan fingerprint density at radius 3 is 3.00 bits per heavy atom. The number of nitrogens with two attached hydrogens (primary N) is 1. The number of rotatable bonds is 5. The Morgan fingerprint density at radius 2 is 2.47 bits per heavy atom. The summed E-state index contributed by atoms with van der Waals surface area (Å²) < 4.78 is 1.61. The Hall–Kier alpha value is -1.36. The van der Waals surface area contributed by atoms with Gasteiger partial charge in [-0.3, -0.25) is 9.48 Å². The minimum atomic E-state index is -0.0763. The highest BCUT2D eigenvalue weighted by atomic mass is 16.1. The molecule has 1 amide bonds. The van der Waals surface area contributed by atoms with Crippen LogP contribution in [0.4, 0.5) is 0 Å². The molecule has 0 aliphatic heterocycles. The Balaban J connectivity index is 2.42. The largest absolute Gasteiger partial charge is 0.349 e. The number of aromatic nitrogens is 2. The van der Waals surface area contributed by atoms with E-state index in [-0.39, 0.29) is 11.9 Å². The minimum Gasteiger partial charge on any atom is -0.349 e.